The monoisotopic (exact) mass is 249 g/mol. The molecule has 0 saturated carbocycles. The summed E-state index contributed by atoms with van der Waals surface area (Å²) in [5.74, 6) is -0.218. The van der Waals surface area contributed by atoms with E-state index in [1.807, 2.05) is 42.5 Å². The first-order valence-corrected chi connectivity index (χ1v) is 5.92. The number of carbonyl (C=O) groups excluding carboxylic acids is 1. The van der Waals surface area contributed by atoms with Crippen LogP contribution in [0, 0.1) is 0 Å². The number of amides is 1. The smallest absolute Gasteiger partial charge is 0.246 e. The summed E-state index contributed by atoms with van der Waals surface area (Å²) in [6.07, 6.45) is 3.80. The van der Waals surface area contributed by atoms with E-state index in [1.54, 1.807) is 6.92 Å². The Morgan fingerprint density at radius 3 is 2.83 bits per heavy atom. The lowest BCUT2D eigenvalue weighted by molar-refractivity contribution is -0.126. The van der Waals surface area contributed by atoms with Crippen molar-refractivity contribution in [2.75, 3.05) is 19.8 Å². The van der Waals surface area contributed by atoms with Crippen LogP contribution in [0.3, 0.4) is 0 Å². The highest BCUT2D eigenvalue weighted by Gasteiger charge is 2.04. The Morgan fingerprint density at radius 1 is 1.44 bits per heavy atom. The second kappa shape index (κ2) is 8.44. The predicted molar refractivity (Wildman–Crippen MR) is 71.0 cm³/mol. The zero-order chi connectivity index (χ0) is 13.2. The number of ether oxygens (including phenoxy) is 1. The molecule has 1 aromatic rings. The predicted octanol–water partition coefficient (Wildman–Crippen LogP) is 1.21. The number of nitrogens with one attached hydrogen (secondary N) is 1. The van der Waals surface area contributed by atoms with Crippen LogP contribution in [0.4, 0.5) is 0 Å². The molecule has 0 heterocycles. The van der Waals surface area contributed by atoms with Crippen LogP contribution in [0.5, 0.6) is 0 Å². The van der Waals surface area contributed by atoms with Crippen molar-refractivity contribution in [3.05, 3.63) is 42.0 Å². The maximum atomic E-state index is 11.3. The number of aliphatic hydroxyl groups is 1. The van der Waals surface area contributed by atoms with Gasteiger partial charge >= 0.3 is 0 Å². The van der Waals surface area contributed by atoms with E-state index in [-0.39, 0.29) is 25.2 Å². The van der Waals surface area contributed by atoms with Crippen LogP contribution in [0.2, 0.25) is 0 Å². The summed E-state index contributed by atoms with van der Waals surface area (Å²) in [4.78, 5) is 11.3. The number of aliphatic hydroxyl groups excluding tert-OH is 1. The Kier molecular flexibility index (Phi) is 6.76. The lowest BCUT2D eigenvalue weighted by Crippen LogP contribution is -2.37. The Balaban J connectivity index is 2.15. The standard InChI is InChI=1S/C14H19NO3/c1-12(10-16)15-14(17)11-18-9-5-8-13-6-3-2-4-7-13/h2-8,12,16H,9-11H2,1H3,(H,15,17)/b8-5+. The van der Waals surface area contributed by atoms with Gasteiger partial charge in [0.1, 0.15) is 6.61 Å². The maximum Gasteiger partial charge on any atom is 0.246 e. The van der Waals surface area contributed by atoms with E-state index in [9.17, 15) is 4.79 Å². The molecule has 0 aliphatic heterocycles. The molecule has 0 saturated heterocycles. The SMILES string of the molecule is CC(CO)NC(=O)COC/C=C/c1ccccc1. The van der Waals surface area contributed by atoms with Crippen LogP contribution >= 0.6 is 0 Å². The molecule has 1 amide bonds. The molecule has 0 radical (unpaired) electrons. The van der Waals surface area contributed by atoms with E-state index in [2.05, 4.69) is 5.32 Å². The molecular formula is C14H19NO3. The summed E-state index contributed by atoms with van der Waals surface area (Å²) in [5.41, 5.74) is 1.10. The topological polar surface area (TPSA) is 58.6 Å². The van der Waals surface area contributed by atoms with Crippen LogP contribution < -0.4 is 5.32 Å². The van der Waals surface area contributed by atoms with Crippen molar-refractivity contribution >= 4 is 12.0 Å². The van der Waals surface area contributed by atoms with E-state index in [0.717, 1.165) is 5.56 Å². The first-order valence-electron chi connectivity index (χ1n) is 5.92. The van der Waals surface area contributed by atoms with E-state index >= 15 is 0 Å². The molecular weight excluding hydrogens is 230 g/mol. The van der Waals surface area contributed by atoms with Crippen molar-refractivity contribution in [1.29, 1.82) is 0 Å². The van der Waals surface area contributed by atoms with Gasteiger partial charge in [-0.3, -0.25) is 4.79 Å². The number of hydrogen-bond donors (Lipinski definition) is 2. The van der Waals surface area contributed by atoms with E-state index < -0.39 is 0 Å². The highest BCUT2D eigenvalue weighted by molar-refractivity contribution is 5.77. The Labute approximate surface area is 107 Å². The van der Waals surface area contributed by atoms with Gasteiger partial charge in [-0.2, -0.15) is 0 Å². The molecule has 18 heavy (non-hydrogen) atoms. The molecule has 2 N–H and O–H groups in total. The van der Waals surface area contributed by atoms with Gasteiger partial charge in [0.05, 0.1) is 13.2 Å². The summed E-state index contributed by atoms with van der Waals surface area (Å²) < 4.78 is 5.18. The van der Waals surface area contributed by atoms with Gasteiger partial charge in [0.25, 0.3) is 0 Å². The highest BCUT2D eigenvalue weighted by Crippen LogP contribution is 2.00. The lowest BCUT2D eigenvalue weighted by Gasteiger charge is -2.10. The van der Waals surface area contributed by atoms with Gasteiger partial charge in [-0.1, -0.05) is 42.5 Å². The molecule has 0 aliphatic carbocycles. The van der Waals surface area contributed by atoms with E-state index in [1.165, 1.54) is 0 Å². The molecule has 0 bridgehead atoms. The van der Waals surface area contributed by atoms with Crippen molar-refractivity contribution in [2.24, 2.45) is 0 Å². The van der Waals surface area contributed by atoms with Crippen molar-refractivity contribution in [3.8, 4) is 0 Å². The fourth-order valence-electron chi connectivity index (χ4n) is 1.33. The maximum absolute atomic E-state index is 11.3. The van der Waals surface area contributed by atoms with Crippen molar-refractivity contribution in [2.45, 2.75) is 13.0 Å². The minimum Gasteiger partial charge on any atom is -0.394 e. The van der Waals surface area contributed by atoms with Gasteiger partial charge < -0.3 is 15.2 Å². The van der Waals surface area contributed by atoms with E-state index in [0.29, 0.717) is 6.61 Å². The molecule has 0 aromatic heterocycles. The number of rotatable bonds is 7. The Morgan fingerprint density at radius 2 is 2.17 bits per heavy atom. The molecule has 1 unspecified atom stereocenters. The van der Waals surface area contributed by atoms with Gasteiger partial charge in [0.15, 0.2) is 0 Å². The molecule has 0 spiro atoms. The van der Waals surface area contributed by atoms with Crippen molar-refractivity contribution < 1.29 is 14.6 Å². The van der Waals surface area contributed by atoms with Crippen LogP contribution in [-0.2, 0) is 9.53 Å². The largest absolute Gasteiger partial charge is 0.394 e. The molecule has 4 nitrogen and oxygen atoms in total. The third-order valence-corrected chi connectivity index (χ3v) is 2.24. The normalized spacial score (nSPS) is 12.6. The summed E-state index contributed by atoms with van der Waals surface area (Å²) in [7, 11) is 0. The molecule has 1 rings (SSSR count). The minimum absolute atomic E-state index is 0.00344. The number of hydrogen-bond acceptors (Lipinski definition) is 3. The van der Waals surface area contributed by atoms with Gasteiger partial charge in [-0.25, -0.2) is 0 Å². The lowest BCUT2D eigenvalue weighted by atomic mass is 10.2. The fraction of sp³-hybridized carbons (Fsp3) is 0.357. The average molecular weight is 249 g/mol. The van der Waals surface area contributed by atoms with Gasteiger partial charge in [0, 0.05) is 6.04 Å². The third-order valence-electron chi connectivity index (χ3n) is 2.24. The molecule has 0 fully saturated rings. The second-order valence-electron chi connectivity index (χ2n) is 3.98. The van der Waals surface area contributed by atoms with Gasteiger partial charge in [0.2, 0.25) is 5.91 Å². The molecule has 1 aromatic carbocycles. The van der Waals surface area contributed by atoms with Crippen LogP contribution in [0.25, 0.3) is 6.08 Å². The molecule has 98 valence electrons. The molecule has 1 atom stereocenters. The van der Waals surface area contributed by atoms with E-state index in [4.69, 9.17) is 9.84 Å². The first-order chi connectivity index (χ1) is 8.72. The van der Waals surface area contributed by atoms with Gasteiger partial charge in [-0.15, -0.1) is 0 Å². The third kappa shape index (κ3) is 6.18. The number of benzene rings is 1. The van der Waals surface area contributed by atoms with Crippen LogP contribution in [0.1, 0.15) is 12.5 Å². The molecule has 4 heteroatoms. The second-order valence-corrected chi connectivity index (χ2v) is 3.98. The Bertz CT molecular complexity index is 376. The fourth-order valence-corrected chi connectivity index (χ4v) is 1.33. The van der Waals surface area contributed by atoms with Crippen LogP contribution in [0.15, 0.2) is 36.4 Å². The zero-order valence-electron chi connectivity index (χ0n) is 10.5. The Hall–Kier alpha value is -1.65. The summed E-state index contributed by atoms with van der Waals surface area (Å²) >= 11 is 0. The van der Waals surface area contributed by atoms with Crippen molar-refractivity contribution in [3.63, 3.8) is 0 Å². The van der Waals surface area contributed by atoms with Crippen molar-refractivity contribution in [1.82, 2.24) is 5.32 Å². The molecule has 0 aliphatic rings. The first kappa shape index (κ1) is 14.4. The van der Waals surface area contributed by atoms with Crippen LogP contribution in [-0.4, -0.2) is 36.9 Å². The average Bonchev–Trinajstić information content (AvgIpc) is 2.39. The van der Waals surface area contributed by atoms with Gasteiger partial charge in [-0.05, 0) is 12.5 Å². The minimum atomic E-state index is -0.235. The quantitative estimate of drug-likeness (QED) is 0.714. The summed E-state index contributed by atoms with van der Waals surface area (Å²) in [5, 5.41) is 11.4. The highest BCUT2D eigenvalue weighted by atomic mass is 16.5. The summed E-state index contributed by atoms with van der Waals surface area (Å²) in [6.45, 7) is 2.05. The number of carbonyl (C=O) groups is 1. The summed E-state index contributed by atoms with van der Waals surface area (Å²) in [6, 6.07) is 9.63. The zero-order valence-corrected chi connectivity index (χ0v) is 10.5.